The second-order valence-electron chi connectivity index (χ2n) is 5.59. The van der Waals surface area contributed by atoms with E-state index in [4.69, 9.17) is 0 Å². The Morgan fingerprint density at radius 1 is 1.56 bits per heavy atom. The van der Waals surface area contributed by atoms with E-state index in [1.54, 1.807) is 11.3 Å². The van der Waals surface area contributed by atoms with Crippen LogP contribution in [0.4, 0.5) is 0 Å². The van der Waals surface area contributed by atoms with Gasteiger partial charge in [-0.25, -0.2) is 13.4 Å². The summed E-state index contributed by atoms with van der Waals surface area (Å²) in [7, 11) is -2.78. The van der Waals surface area contributed by atoms with Crippen molar-refractivity contribution in [2.24, 2.45) is 11.3 Å². The molecule has 1 aromatic rings. The van der Waals surface area contributed by atoms with Crippen molar-refractivity contribution in [1.82, 2.24) is 10.3 Å². The number of sulfone groups is 1. The van der Waals surface area contributed by atoms with Crippen LogP contribution in [-0.2, 0) is 16.3 Å². The molecule has 0 radical (unpaired) electrons. The molecule has 0 saturated carbocycles. The summed E-state index contributed by atoms with van der Waals surface area (Å²) >= 11 is 1.73. The molecule has 0 spiro atoms. The highest BCUT2D eigenvalue weighted by Gasteiger charge is 2.48. The van der Waals surface area contributed by atoms with Crippen LogP contribution in [0.3, 0.4) is 0 Å². The van der Waals surface area contributed by atoms with Gasteiger partial charge in [-0.2, -0.15) is 0 Å². The van der Waals surface area contributed by atoms with Crippen LogP contribution in [0.5, 0.6) is 0 Å². The molecule has 3 rings (SSSR count). The van der Waals surface area contributed by atoms with E-state index in [9.17, 15) is 8.42 Å². The number of hydrogen-bond acceptors (Lipinski definition) is 5. The number of nitrogens with one attached hydrogen (secondary N) is 1. The fourth-order valence-corrected chi connectivity index (χ4v) is 6.01. The molecular weight excluding hydrogens is 268 g/mol. The molecule has 2 fully saturated rings. The van der Waals surface area contributed by atoms with Gasteiger partial charge in [0, 0.05) is 29.6 Å². The number of aryl methyl sites for hydroxylation is 1. The largest absolute Gasteiger partial charge is 0.315 e. The molecule has 1 unspecified atom stereocenters. The lowest BCUT2D eigenvalue weighted by Gasteiger charge is -2.47. The summed E-state index contributed by atoms with van der Waals surface area (Å²) in [5, 5.41) is 4.41. The zero-order valence-corrected chi connectivity index (χ0v) is 12.1. The monoisotopic (exact) mass is 286 g/mol. The van der Waals surface area contributed by atoms with Crippen LogP contribution in [0.1, 0.15) is 16.3 Å². The molecule has 2 aliphatic heterocycles. The minimum Gasteiger partial charge on any atom is -0.315 e. The Morgan fingerprint density at radius 2 is 2.33 bits per heavy atom. The molecule has 1 N–H and O–H groups in total. The predicted molar refractivity (Wildman–Crippen MR) is 72.6 cm³/mol. The number of thiazole rings is 1. The van der Waals surface area contributed by atoms with E-state index in [0.29, 0.717) is 17.4 Å². The fraction of sp³-hybridized carbons (Fsp3) is 0.750. The van der Waals surface area contributed by atoms with Crippen LogP contribution in [0.25, 0.3) is 0 Å². The lowest BCUT2D eigenvalue weighted by atomic mass is 9.68. The van der Waals surface area contributed by atoms with Gasteiger partial charge in [0.2, 0.25) is 0 Å². The zero-order chi connectivity index (χ0) is 12.8. The quantitative estimate of drug-likeness (QED) is 0.901. The summed E-state index contributed by atoms with van der Waals surface area (Å²) in [6.07, 6.45) is 3.76. The first-order valence-electron chi connectivity index (χ1n) is 6.32. The van der Waals surface area contributed by atoms with Crippen molar-refractivity contribution >= 4 is 21.2 Å². The number of aromatic nitrogens is 1. The molecule has 2 aliphatic rings. The van der Waals surface area contributed by atoms with Gasteiger partial charge in [0.15, 0.2) is 9.84 Å². The van der Waals surface area contributed by atoms with E-state index >= 15 is 0 Å². The van der Waals surface area contributed by atoms with Crippen LogP contribution in [-0.4, -0.2) is 38.0 Å². The van der Waals surface area contributed by atoms with Crippen molar-refractivity contribution in [2.45, 2.75) is 19.8 Å². The average Bonchev–Trinajstić information content (AvgIpc) is 2.79. The van der Waals surface area contributed by atoms with Gasteiger partial charge in [0.25, 0.3) is 0 Å². The topological polar surface area (TPSA) is 59.1 Å². The van der Waals surface area contributed by atoms with Gasteiger partial charge < -0.3 is 5.32 Å². The van der Waals surface area contributed by atoms with Crippen LogP contribution in [0, 0.1) is 18.3 Å². The molecule has 1 atom stereocenters. The zero-order valence-electron chi connectivity index (χ0n) is 10.5. The Bertz CT molecular complexity index is 546. The van der Waals surface area contributed by atoms with Crippen molar-refractivity contribution in [1.29, 1.82) is 0 Å². The van der Waals surface area contributed by atoms with Gasteiger partial charge in [0.1, 0.15) is 0 Å². The van der Waals surface area contributed by atoms with Crippen molar-refractivity contribution in [3.8, 4) is 0 Å². The Hall–Kier alpha value is -0.460. The summed E-state index contributed by atoms with van der Waals surface area (Å²) in [5.74, 6) is 1.08. The SMILES string of the molecule is Cc1ncc(CC2(C3CCS(=O)(=O)C3)CNC2)s1. The van der Waals surface area contributed by atoms with Gasteiger partial charge >= 0.3 is 0 Å². The van der Waals surface area contributed by atoms with E-state index in [-0.39, 0.29) is 5.41 Å². The second-order valence-corrected chi connectivity index (χ2v) is 9.14. The maximum Gasteiger partial charge on any atom is 0.150 e. The molecule has 0 aromatic carbocycles. The molecular formula is C12H18N2O2S2. The highest BCUT2D eigenvalue weighted by molar-refractivity contribution is 7.91. The average molecular weight is 286 g/mol. The van der Waals surface area contributed by atoms with E-state index in [0.717, 1.165) is 30.9 Å². The third kappa shape index (κ3) is 2.21. The highest BCUT2D eigenvalue weighted by atomic mass is 32.2. The molecule has 4 nitrogen and oxygen atoms in total. The molecule has 2 saturated heterocycles. The highest BCUT2D eigenvalue weighted by Crippen LogP contribution is 2.42. The van der Waals surface area contributed by atoms with E-state index in [1.165, 1.54) is 4.88 Å². The molecule has 0 amide bonds. The van der Waals surface area contributed by atoms with Gasteiger partial charge in [-0.1, -0.05) is 0 Å². The van der Waals surface area contributed by atoms with E-state index in [1.807, 2.05) is 13.1 Å². The molecule has 0 bridgehead atoms. The molecule has 1 aromatic heterocycles. The summed E-state index contributed by atoms with van der Waals surface area (Å²) in [5.41, 5.74) is 0.155. The third-order valence-electron chi connectivity index (χ3n) is 4.25. The Kier molecular flexibility index (Phi) is 2.99. The maximum atomic E-state index is 11.7. The summed E-state index contributed by atoms with van der Waals surface area (Å²) in [6, 6.07) is 0. The number of hydrogen-bond donors (Lipinski definition) is 1. The molecule has 100 valence electrons. The Morgan fingerprint density at radius 3 is 2.78 bits per heavy atom. The van der Waals surface area contributed by atoms with Crippen molar-refractivity contribution in [2.75, 3.05) is 24.6 Å². The lowest BCUT2D eigenvalue weighted by Crippen LogP contribution is -2.59. The first-order valence-corrected chi connectivity index (χ1v) is 8.95. The maximum absolute atomic E-state index is 11.7. The smallest absolute Gasteiger partial charge is 0.150 e. The number of rotatable bonds is 3. The summed E-state index contributed by atoms with van der Waals surface area (Å²) in [6.45, 7) is 3.91. The minimum absolute atomic E-state index is 0.155. The first kappa shape index (κ1) is 12.6. The lowest BCUT2D eigenvalue weighted by molar-refractivity contribution is 0.0934. The molecule has 18 heavy (non-hydrogen) atoms. The second kappa shape index (κ2) is 4.28. The van der Waals surface area contributed by atoms with Crippen LogP contribution in [0.15, 0.2) is 6.20 Å². The van der Waals surface area contributed by atoms with Gasteiger partial charge in [-0.15, -0.1) is 11.3 Å². The third-order valence-corrected chi connectivity index (χ3v) is 6.93. The summed E-state index contributed by atoms with van der Waals surface area (Å²) < 4.78 is 23.3. The minimum atomic E-state index is -2.78. The van der Waals surface area contributed by atoms with Crippen molar-refractivity contribution < 1.29 is 8.42 Å². The van der Waals surface area contributed by atoms with E-state index in [2.05, 4.69) is 10.3 Å². The van der Waals surface area contributed by atoms with Crippen molar-refractivity contribution in [3.63, 3.8) is 0 Å². The Labute approximate surface area is 112 Å². The Balaban J connectivity index is 1.78. The van der Waals surface area contributed by atoms with Gasteiger partial charge in [-0.05, 0) is 25.7 Å². The molecule has 6 heteroatoms. The van der Waals surface area contributed by atoms with Gasteiger partial charge in [-0.3, -0.25) is 0 Å². The normalized spacial score (nSPS) is 29.1. The van der Waals surface area contributed by atoms with Crippen LogP contribution >= 0.6 is 11.3 Å². The number of nitrogens with zero attached hydrogens (tertiary/aromatic N) is 1. The standard InChI is InChI=1S/C12H18N2O2S2/c1-9-14-5-11(17-9)4-12(7-13-8-12)10-2-3-18(15,16)6-10/h5,10,13H,2-4,6-8H2,1H3. The van der Waals surface area contributed by atoms with Crippen LogP contribution in [0.2, 0.25) is 0 Å². The first-order chi connectivity index (χ1) is 8.49. The molecule has 3 heterocycles. The summed E-state index contributed by atoms with van der Waals surface area (Å²) in [4.78, 5) is 5.58. The predicted octanol–water partition coefficient (Wildman–Crippen LogP) is 1.02. The van der Waals surface area contributed by atoms with E-state index < -0.39 is 9.84 Å². The molecule has 0 aliphatic carbocycles. The fourth-order valence-electron chi connectivity index (χ4n) is 3.12. The van der Waals surface area contributed by atoms with Crippen LogP contribution < -0.4 is 5.32 Å². The van der Waals surface area contributed by atoms with Gasteiger partial charge in [0.05, 0.1) is 16.5 Å². The van der Waals surface area contributed by atoms with Crippen molar-refractivity contribution in [3.05, 3.63) is 16.1 Å².